The third kappa shape index (κ3) is 2.96. The van der Waals surface area contributed by atoms with E-state index < -0.39 is 17.6 Å². The van der Waals surface area contributed by atoms with Gasteiger partial charge in [0.05, 0.1) is 12.1 Å². The van der Waals surface area contributed by atoms with Crippen molar-refractivity contribution in [3.05, 3.63) is 51.0 Å². The molecule has 3 nitrogen and oxygen atoms in total. The van der Waals surface area contributed by atoms with Crippen LogP contribution in [0.5, 0.6) is 0 Å². The monoisotopic (exact) mass is 283 g/mol. The minimum absolute atomic E-state index is 0.217. The van der Waals surface area contributed by atoms with E-state index >= 15 is 0 Å². The number of ether oxygens (including phenoxy) is 1. The summed E-state index contributed by atoms with van der Waals surface area (Å²) in [7, 11) is 1.28. The van der Waals surface area contributed by atoms with Gasteiger partial charge in [0.25, 0.3) is 0 Å². The highest BCUT2D eigenvalue weighted by molar-refractivity contribution is 7.11. The van der Waals surface area contributed by atoms with Gasteiger partial charge in [-0.05, 0) is 18.6 Å². The van der Waals surface area contributed by atoms with Crippen LogP contribution in [0.15, 0.2) is 18.2 Å². The van der Waals surface area contributed by atoms with Gasteiger partial charge in [-0.15, -0.1) is 11.3 Å². The van der Waals surface area contributed by atoms with Crippen molar-refractivity contribution in [2.45, 2.75) is 13.3 Å². The summed E-state index contributed by atoms with van der Waals surface area (Å²) in [5, 5.41) is 0.586. The zero-order valence-electron chi connectivity index (χ0n) is 10.4. The van der Waals surface area contributed by atoms with E-state index in [4.69, 9.17) is 0 Å². The smallest absolute Gasteiger partial charge is 0.357 e. The van der Waals surface area contributed by atoms with Gasteiger partial charge in [-0.2, -0.15) is 0 Å². The van der Waals surface area contributed by atoms with Gasteiger partial charge in [0.2, 0.25) is 0 Å². The van der Waals surface area contributed by atoms with Crippen LogP contribution in [0.3, 0.4) is 0 Å². The first-order valence-electron chi connectivity index (χ1n) is 5.50. The minimum atomic E-state index is -0.619. The number of hydrogen-bond acceptors (Lipinski definition) is 4. The highest BCUT2D eigenvalue weighted by Crippen LogP contribution is 2.22. The van der Waals surface area contributed by atoms with Crippen LogP contribution in [0.4, 0.5) is 8.78 Å². The second-order valence-corrected chi connectivity index (χ2v) is 5.20. The second-order valence-electron chi connectivity index (χ2n) is 3.92. The molecule has 0 aliphatic carbocycles. The quantitative estimate of drug-likeness (QED) is 0.812. The summed E-state index contributed by atoms with van der Waals surface area (Å²) in [4.78, 5) is 16.2. The highest BCUT2D eigenvalue weighted by atomic mass is 32.1. The van der Waals surface area contributed by atoms with Crippen molar-refractivity contribution in [2.75, 3.05) is 7.11 Å². The Morgan fingerprint density at radius 1 is 1.42 bits per heavy atom. The highest BCUT2D eigenvalue weighted by Gasteiger charge is 2.16. The Labute approximate surface area is 112 Å². The van der Waals surface area contributed by atoms with Gasteiger partial charge < -0.3 is 4.74 Å². The van der Waals surface area contributed by atoms with Crippen molar-refractivity contribution in [3.63, 3.8) is 0 Å². The number of rotatable bonds is 3. The molecule has 1 heterocycles. The summed E-state index contributed by atoms with van der Waals surface area (Å²) in [6.07, 6.45) is 0.217. The summed E-state index contributed by atoms with van der Waals surface area (Å²) in [6.45, 7) is 1.74. The molecule has 19 heavy (non-hydrogen) atoms. The van der Waals surface area contributed by atoms with Crippen LogP contribution in [-0.4, -0.2) is 18.1 Å². The molecule has 0 unspecified atom stereocenters. The number of methoxy groups -OCH3 is 1. The summed E-state index contributed by atoms with van der Waals surface area (Å²) in [5.41, 5.74) is 0.580. The normalized spacial score (nSPS) is 10.5. The van der Waals surface area contributed by atoms with Gasteiger partial charge in [0.1, 0.15) is 11.6 Å². The standard InChI is InChI=1S/C13H11F2NO2S/c1-7-12(13(17)18-2)16-11(19-7)5-8-3-4-9(14)6-10(8)15/h3-4,6H,5H2,1-2H3. The zero-order chi connectivity index (χ0) is 14.0. The molecule has 2 aromatic rings. The molecule has 0 aliphatic rings. The molecule has 6 heteroatoms. The molecular formula is C13H11F2NO2S. The SMILES string of the molecule is COC(=O)c1nc(Cc2ccc(F)cc2F)sc1C. The molecule has 0 saturated heterocycles. The van der Waals surface area contributed by atoms with Crippen LogP contribution in [0.2, 0.25) is 0 Å². The molecule has 1 aromatic carbocycles. The van der Waals surface area contributed by atoms with Crippen LogP contribution in [0.25, 0.3) is 0 Å². The Kier molecular flexibility index (Phi) is 3.90. The van der Waals surface area contributed by atoms with Crippen molar-refractivity contribution >= 4 is 17.3 Å². The Hall–Kier alpha value is -1.82. The molecule has 0 bridgehead atoms. The van der Waals surface area contributed by atoms with Gasteiger partial charge in [-0.25, -0.2) is 18.6 Å². The number of carbonyl (C=O) groups excluding carboxylic acids is 1. The lowest BCUT2D eigenvalue weighted by Crippen LogP contribution is -2.03. The van der Waals surface area contributed by atoms with Gasteiger partial charge in [0, 0.05) is 17.4 Å². The maximum Gasteiger partial charge on any atom is 0.357 e. The Morgan fingerprint density at radius 2 is 2.16 bits per heavy atom. The Bertz CT molecular complexity index is 625. The summed E-state index contributed by atoms with van der Waals surface area (Å²) in [5.74, 6) is -1.75. The van der Waals surface area contributed by atoms with E-state index in [0.717, 1.165) is 6.07 Å². The summed E-state index contributed by atoms with van der Waals surface area (Å²) >= 11 is 1.29. The second kappa shape index (κ2) is 5.44. The van der Waals surface area contributed by atoms with Crippen LogP contribution in [-0.2, 0) is 11.2 Å². The lowest BCUT2D eigenvalue weighted by Gasteiger charge is -2.00. The van der Waals surface area contributed by atoms with Crippen LogP contribution < -0.4 is 0 Å². The number of esters is 1. The molecule has 0 radical (unpaired) electrons. The molecule has 0 aliphatic heterocycles. The molecule has 2 rings (SSSR count). The average Bonchev–Trinajstić information content (AvgIpc) is 2.73. The topological polar surface area (TPSA) is 39.2 Å². The molecule has 0 N–H and O–H groups in total. The molecule has 1 aromatic heterocycles. The van der Waals surface area contributed by atoms with Crippen molar-refractivity contribution in [1.29, 1.82) is 0 Å². The third-order valence-electron chi connectivity index (χ3n) is 2.58. The van der Waals surface area contributed by atoms with Gasteiger partial charge in [-0.1, -0.05) is 6.07 Å². The number of carbonyl (C=O) groups is 1. The molecule has 0 saturated carbocycles. The first kappa shape index (κ1) is 13.6. The molecule has 0 fully saturated rings. The van der Waals surface area contributed by atoms with Crippen LogP contribution in [0.1, 0.15) is 25.9 Å². The number of halogens is 2. The molecule has 0 atom stereocenters. The van der Waals surface area contributed by atoms with Crippen molar-refractivity contribution in [2.24, 2.45) is 0 Å². The molecular weight excluding hydrogens is 272 g/mol. The zero-order valence-corrected chi connectivity index (χ0v) is 11.2. The minimum Gasteiger partial charge on any atom is -0.464 e. The number of hydrogen-bond donors (Lipinski definition) is 0. The Morgan fingerprint density at radius 3 is 2.79 bits per heavy atom. The fraction of sp³-hybridized carbons (Fsp3) is 0.231. The largest absolute Gasteiger partial charge is 0.464 e. The number of thiazole rings is 1. The predicted octanol–water partition coefficient (Wildman–Crippen LogP) is 3.11. The Balaban J connectivity index is 2.26. The summed E-state index contributed by atoms with van der Waals surface area (Å²) in [6, 6.07) is 3.40. The first-order valence-corrected chi connectivity index (χ1v) is 6.31. The van der Waals surface area contributed by atoms with E-state index in [0.29, 0.717) is 15.4 Å². The molecule has 0 spiro atoms. The maximum atomic E-state index is 13.5. The van der Waals surface area contributed by atoms with Gasteiger partial charge in [-0.3, -0.25) is 0 Å². The first-order chi connectivity index (χ1) is 9.01. The molecule has 100 valence electrons. The van der Waals surface area contributed by atoms with E-state index in [1.165, 1.54) is 30.6 Å². The van der Waals surface area contributed by atoms with E-state index in [-0.39, 0.29) is 12.1 Å². The average molecular weight is 283 g/mol. The van der Waals surface area contributed by atoms with Crippen molar-refractivity contribution in [3.8, 4) is 0 Å². The number of aryl methyl sites for hydroxylation is 1. The number of nitrogens with zero attached hydrogens (tertiary/aromatic N) is 1. The van der Waals surface area contributed by atoms with Crippen molar-refractivity contribution in [1.82, 2.24) is 4.98 Å². The van der Waals surface area contributed by atoms with Gasteiger partial charge in [0.15, 0.2) is 5.69 Å². The number of benzene rings is 1. The fourth-order valence-electron chi connectivity index (χ4n) is 1.64. The third-order valence-corrected chi connectivity index (χ3v) is 3.55. The fourth-order valence-corrected chi connectivity index (χ4v) is 2.58. The van der Waals surface area contributed by atoms with E-state index in [9.17, 15) is 13.6 Å². The van der Waals surface area contributed by atoms with Crippen LogP contribution >= 0.6 is 11.3 Å². The van der Waals surface area contributed by atoms with E-state index in [2.05, 4.69) is 9.72 Å². The van der Waals surface area contributed by atoms with E-state index in [1.54, 1.807) is 6.92 Å². The molecule has 0 amide bonds. The lowest BCUT2D eigenvalue weighted by atomic mass is 10.1. The maximum absolute atomic E-state index is 13.5. The lowest BCUT2D eigenvalue weighted by molar-refractivity contribution is 0.0594. The van der Waals surface area contributed by atoms with Crippen molar-refractivity contribution < 1.29 is 18.3 Å². The van der Waals surface area contributed by atoms with Gasteiger partial charge >= 0.3 is 5.97 Å². The summed E-state index contributed by atoms with van der Waals surface area (Å²) < 4.78 is 30.9. The van der Waals surface area contributed by atoms with Crippen LogP contribution in [0, 0.1) is 18.6 Å². The van der Waals surface area contributed by atoms with E-state index in [1.807, 2.05) is 0 Å². The predicted molar refractivity (Wildman–Crippen MR) is 67.4 cm³/mol. The number of aromatic nitrogens is 1.